The molecule has 0 aromatic carbocycles. The molecule has 106 valence electrons. The average Bonchev–Trinajstić information content (AvgIpc) is 3.11. The second-order valence-electron chi connectivity index (χ2n) is 5.06. The molecule has 6 heteroatoms. The molecule has 3 heterocycles. The number of hydrogen-bond acceptors (Lipinski definition) is 5. The zero-order valence-corrected chi connectivity index (χ0v) is 12.0. The van der Waals surface area contributed by atoms with E-state index in [1.807, 2.05) is 24.4 Å². The lowest BCUT2D eigenvalue weighted by molar-refractivity contribution is -0.141. The third kappa shape index (κ3) is 2.62. The van der Waals surface area contributed by atoms with E-state index in [-0.39, 0.29) is 5.92 Å². The number of rotatable bonds is 4. The summed E-state index contributed by atoms with van der Waals surface area (Å²) in [6, 6.07) is 3.95. The van der Waals surface area contributed by atoms with Crippen molar-refractivity contribution in [3.8, 4) is 10.8 Å². The molecule has 1 saturated heterocycles. The number of hydrogen-bond donors (Lipinski definition) is 1. The predicted molar refractivity (Wildman–Crippen MR) is 75.6 cm³/mol. The minimum atomic E-state index is -0.705. The quantitative estimate of drug-likeness (QED) is 0.938. The highest BCUT2D eigenvalue weighted by atomic mass is 32.1. The topological polar surface area (TPSA) is 66.6 Å². The summed E-state index contributed by atoms with van der Waals surface area (Å²) in [5.41, 5.74) is 0.902. The highest BCUT2D eigenvalue weighted by Gasteiger charge is 2.28. The van der Waals surface area contributed by atoms with Crippen molar-refractivity contribution in [1.29, 1.82) is 0 Å². The Balaban J connectivity index is 1.71. The van der Waals surface area contributed by atoms with Crippen LogP contribution in [0.25, 0.3) is 10.8 Å². The molecule has 0 radical (unpaired) electrons. The van der Waals surface area contributed by atoms with Gasteiger partial charge in [-0.1, -0.05) is 6.07 Å². The first kappa shape index (κ1) is 13.3. The van der Waals surface area contributed by atoms with Crippen molar-refractivity contribution in [1.82, 2.24) is 9.88 Å². The van der Waals surface area contributed by atoms with Gasteiger partial charge in [-0.2, -0.15) is 0 Å². The number of nitrogens with zero attached hydrogens (tertiary/aromatic N) is 2. The number of aliphatic carboxylic acids is 1. The van der Waals surface area contributed by atoms with Crippen molar-refractivity contribution in [2.45, 2.75) is 19.9 Å². The molecule has 1 atom stereocenters. The lowest BCUT2D eigenvalue weighted by Gasteiger charge is -2.13. The van der Waals surface area contributed by atoms with E-state index in [2.05, 4.69) is 9.88 Å². The molecule has 20 heavy (non-hydrogen) atoms. The number of aryl methyl sites for hydroxylation is 1. The maximum absolute atomic E-state index is 11.0. The Kier molecular flexibility index (Phi) is 3.58. The van der Waals surface area contributed by atoms with Gasteiger partial charge in [-0.05, 0) is 31.3 Å². The van der Waals surface area contributed by atoms with Gasteiger partial charge < -0.3 is 9.52 Å². The van der Waals surface area contributed by atoms with Gasteiger partial charge in [0.1, 0.15) is 5.76 Å². The number of carboxylic acids is 1. The molecule has 3 rings (SSSR count). The predicted octanol–water partition coefficient (Wildman–Crippen LogP) is 2.62. The SMILES string of the molecule is Cc1oc(-c2cccs2)nc1CN1CCC(C(=O)O)C1. The summed E-state index contributed by atoms with van der Waals surface area (Å²) in [6.45, 7) is 3.96. The van der Waals surface area contributed by atoms with Gasteiger partial charge >= 0.3 is 5.97 Å². The molecule has 0 aliphatic carbocycles. The summed E-state index contributed by atoms with van der Waals surface area (Å²) in [6.07, 6.45) is 0.712. The van der Waals surface area contributed by atoms with Gasteiger partial charge in [-0.3, -0.25) is 9.69 Å². The van der Waals surface area contributed by atoms with Crippen LogP contribution in [-0.4, -0.2) is 34.0 Å². The van der Waals surface area contributed by atoms with Crippen molar-refractivity contribution in [2.75, 3.05) is 13.1 Å². The fourth-order valence-electron chi connectivity index (χ4n) is 2.47. The van der Waals surface area contributed by atoms with Crippen LogP contribution < -0.4 is 0 Å². The summed E-state index contributed by atoms with van der Waals surface area (Å²) in [4.78, 5) is 18.7. The van der Waals surface area contributed by atoms with E-state index < -0.39 is 5.97 Å². The van der Waals surface area contributed by atoms with E-state index in [0.717, 1.165) is 22.9 Å². The molecule has 0 bridgehead atoms. The van der Waals surface area contributed by atoms with Gasteiger partial charge in [0.05, 0.1) is 16.5 Å². The Morgan fingerprint density at radius 2 is 2.50 bits per heavy atom. The summed E-state index contributed by atoms with van der Waals surface area (Å²) < 4.78 is 5.70. The highest BCUT2D eigenvalue weighted by molar-refractivity contribution is 7.13. The molecule has 1 unspecified atom stereocenters. The van der Waals surface area contributed by atoms with Gasteiger partial charge in [-0.25, -0.2) is 4.98 Å². The Hall–Kier alpha value is -1.66. The second kappa shape index (κ2) is 5.38. The molecule has 0 saturated carbocycles. The van der Waals surface area contributed by atoms with E-state index in [1.54, 1.807) is 11.3 Å². The smallest absolute Gasteiger partial charge is 0.307 e. The molecule has 0 spiro atoms. The molecule has 1 N–H and O–H groups in total. The van der Waals surface area contributed by atoms with Gasteiger partial charge in [0.15, 0.2) is 0 Å². The zero-order valence-electron chi connectivity index (χ0n) is 11.2. The van der Waals surface area contributed by atoms with E-state index in [1.165, 1.54) is 0 Å². The summed E-state index contributed by atoms with van der Waals surface area (Å²) in [5.74, 6) is 0.510. The van der Waals surface area contributed by atoms with Crippen molar-refractivity contribution in [3.63, 3.8) is 0 Å². The number of aromatic nitrogens is 1. The van der Waals surface area contributed by atoms with Crippen LogP contribution in [0.5, 0.6) is 0 Å². The minimum absolute atomic E-state index is 0.251. The molecular weight excluding hydrogens is 276 g/mol. The normalized spacial score (nSPS) is 19.6. The molecular formula is C14H16N2O3S. The number of carboxylic acid groups (broad SMARTS) is 1. The third-order valence-corrected chi connectivity index (χ3v) is 4.48. The monoisotopic (exact) mass is 292 g/mol. The first-order valence-electron chi connectivity index (χ1n) is 6.59. The van der Waals surface area contributed by atoms with Crippen molar-refractivity contribution in [2.24, 2.45) is 5.92 Å². The van der Waals surface area contributed by atoms with Crippen LogP contribution in [0.1, 0.15) is 17.9 Å². The van der Waals surface area contributed by atoms with Gasteiger partial charge in [-0.15, -0.1) is 11.3 Å². The maximum atomic E-state index is 11.0. The van der Waals surface area contributed by atoms with E-state index in [4.69, 9.17) is 9.52 Å². The molecule has 1 fully saturated rings. The van der Waals surface area contributed by atoms with Crippen LogP contribution in [-0.2, 0) is 11.3 Å². The first-order chi connectivity index (χ1) is 9.63. The van der Waals surface area contributed by atoms with E-state index in [0.29, 0.717) is 25.4 Å². The van der Waals surface area contributed by atoms with Gasteiger partial charge in [0.25, 0.3) is 0 Å². The standard InChI is InChI=1S/C14H16N2O3S/c1-9-11(8-16-5-4-10(7-16)14(17)18)15-13(19-9)12-3-2-6-20-12/h2-3,6,10H,4-5,7-8H2,1H3,(H,17,18). The number of likely N-dealkylation sites (tertiary alicyclic amines) is 1. The number of oxazole rings is 1. The molecule has 2 aromatic heterocycles. The molecule has 5 nitrogen and oxygen atoms in total. The Labute approximate surface area is 120 Å². The van der Waals surface area contributed by atoms with E-state index >= 15 is 0 Å². The van der Waals surface area contributed by atoms with Crippen LogP contribution in [0.2, 0.25) is 0 Å². The zero-order chi connectivity index (χ0) is 14.1. The minimum Gasteiger partial charge on any atom is -0.481 e. The molecule has 1 aliphatic rings. The largest absolute Gasteiger partial charge is 0.481 e. The summed E-state index contributed by atoms with van der Waals surface area (Å²) in [7, 11) is 0. The van der Waals surface area contributed by atoms with Crippen molar-refractivity contribution < 1.29 is 14.3 Å². The second-order valence-corrected chi connectivity index (χ2v) is 6.01. The Bertz CT molecular complexity index is 606. The third-order valence-electron chi connectivity index (χ3n) is 3.62. The number of thiophene rings is 1. The average molecular weight is 292 g/mol. The van der Waals surface area contributed by atoms with Crippen LogP contribution in [0, 0.1) is 12.8 Å². The van der Waals surface area contributed by atoms with Crippen LogP contribution in [0.3, 0.4) is 0 Å². The van der Waals surface area contributed by atoms with Crippen molar-refractivity contribution in [3.05, 3.63) is 29.0 Å². The van der Waals surface area contributed by atoms with Gasteiger partial charge in [0, 0.05) is 13.1 Å². The fraction of sp³-hybridized carbons (Fsp3) is 0.429. The van der Waals surface area contributed by atoms with E-state index in [9.17, 15) is 4.79 Å². The Morgan fingerprint density at radius 1 is 1.65 bits per heavy atom. The molecule has 0 amide bonds. The highest BCUT2D eigenvalue weighted by Crippen LogP contribution is 2.27. The van der Waals surface area contributed by atoms with Crippen LogP contribution >= 0.6 is 11.3 Å². The van der Waals surface area contributed by atoms with Crippen molar-refractivity contribution >= 4 is 17.3 Å². The summed E-state index contributed by atoms with van der Waals surface area (Å²) >= 11 is 1.60. The molecule has 2 aromatic rings. The fourth-order valence-corrected chi connectivity index (χ4v) is 3.12. The van der Waals surface area contributed by atoms with Gasteiger partial charge in [0.2, 0.25) is 5.89 Å². The summed E-state index contributed by atoms with van der Waals surface area (Å²) in [5, 5.41) is 11.0. The first-order valence-corrected chi connectivity index (χ1v) is 7.47. The lowest BCUT2D eigenvalue weighted by atomic mass is 10.1. The Morgan fingerprint density at radius 3 is 3.15 bits per heavy atom. The number of carbonyl (C=O) groups is 1. The lowest BCUT2D eigenvalue weighted by Crippen LogP contribution is -2.23. The van der Waals surface area contributed by atoms with Crippen LogP contribution in [0.4, 0.5) is 0 Å². The van der Waals surface area contributed by atoms with Crippen LogP contribution in [0.15, 0.2) is 21.9 Å². The molecule has 1 aliphatic heterocycles. The maximum Gasteiger partial charge on any atom is 0.307 e.